The number of ether oxygens (including phenoxy) is 1. The first-order valence-corrected chi connectivity index (χ1v) is 7.58. The maximum atomic E-state index is 12.2. The van der Waals surface area contributed by atoms with E-state index in [4.69, 9.17) is 5.73 Å². The van der Waals surface area contributed by atoms with E-state index in [9.17, 15) is 9.59 Å². The molecule has 8 heteroatoms. The van der Waals surface area contributed by atoms with Crippen LogP contribution in [0.15, 0.2) is 23.6 Å². The van der Waals surface area contributed by atoms with Crippen LogP contribution < -0.4 is 11.1 Å². The minimum atomic E-state index is -0.450. The van der Waals surface area contributed by atoms with Crippen molar-refractivity contribution in [1.29, 1.82) is 0 Å². The molecule has 2 rings (SSSR count). The van der Waals surface area contributed by atoms with E-state index in [2.05, 4.69) is 15.0 Å². The number of nitrogens with one attached hydrogen (secondary N) is 1. The van der Waals surface area contributed by atoms with E-state index in [1.165, 1.54) is 18.4 Å². The van der Waals surface area contributed by atoms with Crippen LogP contribution in [-0.2, 0) is 11.2 Å². The van der Waals surface area contributed by atoms with Crippen molar-refractivity contribution in [3.05, 3.63) is 45.4 Å². The summed E-state index contributed by atoms with van der Waals surface area (Å²) in [6.07, 6.45) is 0.648. The Kier molecular flexibility index (Phi) is 7.15. The number of aryl methyl sites for hydroxylation is 1. The molecule has 23 heavy (non-hydrogen) atoms. The van der Waals surface area contributed by atoms with E-state index in [1.54, 1.807) is 23.6 Å². The van der Waals surface area contributed by atoms with Crippen molar-refractivity contribution in [3.8, 4) is 0 Å². The lowest BCUT2D eigenvalue weighted by Crippen LogP contribution is -2.14. The molecule has 6 nitrogen and oxygen atoms in total. The summed E-state index contributed by atoms with van der Waals surface area (Å²) in [7, 11) is 1.31. The largest absolute Gasteiger partial charge is 0.465 e. The van der Waals surface area contributed by atoms with Crippen molar-refractivity contribution < 1.29 is 14.3 Å². The third kappa shape index (κ3) is 4.75. The van der Waals surface area contributed by atoms with E-state index in [0.29, 0.717) is 29.9 Å². The Morgan fingerprint density at radius 1 is 1.39 bits per heavy atom. The SMILES string of the molecule is COC(=O)c1ccc(C)c(NC(=O)c2csc(CCN)n2)c1.Cl. The summed E-state index contributed by atoms with van der Waals surface area (Å²) in [5.74, 6) is -0.765. The number of nitrogens with two attached hydrogens (primary N) is 1. The average molecular weight is 356 g/mol. The molecule has 1 aromatic carbocycles. The van der Waals surface area contributed by atoms with Crippen LogP contribution in [0.1, 0.15) is 31.4 Å². The molecule has 0 aliphatic heterocycles. The van der Waals surface area contributed by atoms with Crippen LogP contribution in [0.25, 0.3) is 0 Å². The molecule has 0 aliphatic carbocycles. The number of carbonyl (C=O) groups is 2. The second-order valence-electron chi connectivity index (χ2n) is 4.64. The molecule has 3 N–H and O–H groups in total. The van der Waals surface area contributed by atoms with E-state index in [-0.39, 0.29) is 18.3 Å². The molecule has 0 saturated carbocycles. The molecule has 2 aromatic rings. The van der Waals surface area contributed by atoms with E-state index < -0.39 is 5.97 Å². The lowest BCUT2D eigenvalue weighted by atomic mass is 10.1. The number of rotatable bonds is 5. The fourth-order valence-electron chi connectivity index (χ4n) is 1.84. The first kappa shape index (κ1) is 19.1. The Bertz CT molecular complexity index is 703. The summed E-state index contributed by atoms with van der Waals surface area (Å²) in [6, 6.07) is 4.99. The highest BCUT2D eigenvalue weighted by Gasteiger charge is 2.14. The topological polar surface area (TPSA) is 94.3 Å². The first-order chi connectivity index (χ1) is 10.5. The molecule has 124 valence electrons. The van der Waals surface area contributed by atoms with Gasteiger partial charge in [-0.2, -0.15) is 0 Å². The summed E-state index contributed by atoms with van der Waals surface area (Å²) in [6.45, 7) is 2.34. The fourth-order valence-corrected chi connectivity index (χ4v) is 2.64. The Labute approximate surface area is 144 Å². The number of halogens is 1. The predicted molar refractivity (Wildman–Crippen MR) is 92.6 cm³/mol. The zero-order valence-electron chi connectivity index (χ0n) is 12.8. The molecule has 0 bridgehead atoms. The van der Waals surface area contributed by atoms with E-state index in [0.717, 1.165) is 10.6 Å². The number of methoxy groups -OCH3 is 1. The number of nitrogens with zero attached hydrogens (tertiary/aromatic N) is 1. The third-order valence-electron chi connectivity index (χ3n) is 3.05. The lowest BCUT2D eigenvalue weighted by molar-refractivity contribution is 0.0600. The molecular formula is C15H18ClN3O3S. The summed E-state index contributed by atoms with van der Waals surface area (Å²) < 4.78 is 4.68. The average Bonchev–Trinajstić information content (AvgIpc) is 2.98. The normalized spacial score (nSPS) is 9.87. The smallest absolute Gasteiger partial charge is 0.337 e. The molecule has 1 amide bonds. The standard InChI is InChI=1S/C15H17N3O3S.ClH/c1-9-3-4-10(15(20)21-2)7-11(9)18-14(19)12-8-22-13(17-12)5-6-16;/h3-4,7-8H,5-6,16H2,1-2H3,(H,18,19);1H. The van der Waals surface area contributed by atoms with Crippen LogP contribution in [-0.4, -0.2) is 30.5 Å². The Hall–Kier alpha value is -1.96. The molecule has 1 heterocycles. The van der Waals surface area contributed by atoms with Gasteiger partial charge in [-0.05, 0) is 31.2 Å². The molecule has 0 fully saturated rings. The maximum Gasteiger partial charge on any atom is 0.337 e. The molecule has 0 saturated heterocycles. The second-order valence-corrected chi connectivity index (χ2v) is 5.58. The highest BCUT2D eigenvalue weighted by atomic mass is 35.5. The van der Waals surface area contributed by atoms with Gasteiger partial charge >= 0.3 is 5.97 Å². The van der Waals surface area contributed by atoms with E-state index in [1.807, 2.05) is 6.92 Å². The van der Waals surface area contributed by atoms with Crippen molar-refractivity contribution in [1.82, 2.24) is 4.98 Å². The van der Waals surface area contributed by atoms with Gasteiger partial charge in [0.15, 0.2) is 0 Å². The van der Waals surface area contributed by atoms with Crippen molar-refractivity contribution in [2.45, 2.75) is 13.3 Å². The minimum Gasteiger partial charge on any atom is -0.465 e. The van der Waals surface area contributed by atoms with Gasteiger partial charge in [-0.1, -0.05) is 6.07 Å². The van der Waals surface area contributed by atoms with Crippen molar-refractivity contribution in [2.75, 3.05) is 19.0 Å². The number of hydrogen-bond donors (Lipinski definition) is 2. The van der Waals surface area contributed by atoms with Gasteiger partial charge in [0.05, 0.1) is 17.7 Å². The molecule has 0 unspecified atom stereocenters. The monoisotopic (exact) mass is 355 g/mol. The third-order valence-corrected chi connectivity index (χ3v) is 3.96. The number of esters is 1. The Morgan fingerprint density at radius 3 is 2.78 bits per heavy atom. The molecule has 0 aliphatic rings. The minimum absolute atomic E-state index is 0. The van der Waals surface area contributed by atoms with Crippen molar-refractivity contribution in [2.24, 2.45) is 5.73 Å². The van der Waals surface area contributed by atoms with Gasteiger partial charge in [0.1, 0.15) is 5.69 Å². The van der Waals surface area contributed by atoms with Crippen molar-refractivity contribution >= 4 is 41.3 Å². The molecule has 0 spiro atoms. The van der Waals surface area contributed by atoms with Gasteiger partial charge in [-0.15, -0.1) is 23.7 Å². The van der Waals surface area contributed by atoms with Crippen LogP contribution in [0.2, 0.25) is 0 Å². The number of hydrogen-bond acceptors (Lipinski definition) is 6. The zero-order valence-corrected chi connectivity index (χ0v) is 14.4. The first-order valence-electron chi connectivity index (χ1n) is 6.70. The number of amides is 1. The second kappa shape index (κ2) is 8.61. The van der Waals surface area contributed by atoms with Crippen molar-refractivity contribution in [3.63, 3.8) is 0 Å². The zero-order chi connectivity index (χ0) is 16.1. The van der Waals surface area contributed by atoms with Crippen LogP contribution in [0, 0.1) is 6.92 Å². The van der Waals surface area contributed by atoms with Gasteiger partial charge in [-0.3, -0.25) is 4.79 Å². The number of anilines is 1. The summed E-state index contributed by atoms with van der Waals surface area (Å²) in [5.41, 5.74) is 7.60. The predicted octanol–water partition coefficient (Wildman–Crippen LogP) is 2.41. The van der Waals surface area contributed by atoms with E-state index >= 15 is 0 Å². The van der Waals surface area contributed by atoms with Gasteiger partial charge in [0.25, 0.3) is 5.91 Å². The van der Waals surface area contributed by atoms with Gasteiger partial charge < -0.3 is 15.8 Å². The highest BCUT2D eigenvalue weighted by molar-refractivity contribution is 7.09. The van der Waals surface area contributed by atoms with Gasteiger partial charge in [0, 0.05) is 17.5 Å². The molecule has 0 radical (unpaired) electrons. The fraction of sp³-hybridized carbons (Fsp3) is 0.267. The van der Waals surface area contributed by atoms with Crippen LogP contribution in [0.5, 0.6) is 0 Å². The molecule has 1 aromatic heterocycles. The molecular weight excluding hydrogens is 338 g/mol. The van der Waals surface area contributed by atoms with Crippen LogP contribution in [0.3, 0.4) is 0 Å². The van der Waals surface area contributed by atoms with Gasteiger partial charge in [0.2, 0.25) is 0 Å². The quantitative estimate of drug-likeness (QED) is 0.803. The Morgan fingerprint density at radius 2 is 2.13 bits per heavy atom. The summed E-state index contributed by atoms with van der Waals surface area (Å²) in [5, 5.41) is 5.29. The lowest BCUT2D eigenvalue weighted by Gasteiger charge is -2.09. The van der Waals surface area contributed by atoms with Crippen LogP contribution >= 0.6 is 23.7 Å². The number of aromatic nitrogens is 1. The van der Waals surface area contributed by atoms with Gasteiger partial charge in [-0.25, -0.2) is 9.78 Å². The summed E-state index contributed by atoms with van der Waals surface area (Å²) in [4.78, 5) is 28.0. The molecule has 0 atom stereocenters. The number of benzene rings is 1. The highest BCUT2D eigenvalue weighted by Crippen LogP contribution is 2.19. The number of thiazole rings is 1. The number of carbonyl (C=O) groups excluding carboxylic acids is 2. The summed E-state index contributed by atoms with van der Waals surface area (Å²) >= 11 is 1.40. The van der Waals surface area contributed by atoms with Crippen LogP contribution in [0.4, 0.5) is 5.69 Å². The maximum absolute atomic E-state index is 12.2. The Balaban J connectivity index is 0.00000264.